The van der Waals surface area contributed by atoms with Crippen LogP contribution in [-0.4, -0.2) is 55.1 Å². The fourth-order valence-corrected chi connectivity index (χ4v) is 2.70. The minimum atomic E-state index is -0.227. The number of hydrogen-bond donors (Lipinski definition) is 0. The zero-order valence-corrected chi connectivity index (χ0v) is 12.5. The Kier molecular flexibility index (Phi) is 5.32. The highest BCUT2D eigenvalue weighted by molar-refractivity contribution is 5.75. The third kappa shape index (κ3) is 3.60. The summed E-state index contributed by atoms with van der Waals surface area (Å²) in [6.07, 6.45) is 0. The molecular weight excluding hydrogens is 266 g/mol. The van der Waals surface area contributed by atoms with Gasteiger partial charge in [0.25, 0.3) is 0 Å². The second-order valence-corrected chi connectivity index (χ2v) is 5.21. The van der Waals surface area contributed by atoms with Crippen molar-refractivity contribution in [2.45, 2.75) is 19.0 Å². The maximum atomic E-state index is 11.6. The molecule has 2 atom stereocenters. The Labute approximate surface area is 125 Å². The number of carbonyl (C=O) groups excluding carboxylic acids is 1. The highest BCUT2D eigenvalue weighted by Crippen LogP contribution is 2.21. The number of rotatable bonds is 4. The molecule has 0 radical (unpaired) electrons. The molecule has 1 heterocycles. The Hall–Kier alpha value is -1.90. The molecule has 0 bridgehead atoms. The van der Waals surface area contributed by atoms with Crippen molar-refractivity contribution < 1.29 is 9.53 Å². The first kappa shape index (κ1) is 15.5. The second-order valence-electron chi connectivity index (χ2n) is 5.21. The molecule has 1 aliphatic rings. The molecule has 21 heavy (non-hydrogen) atoms. The van der Waals surface area contributed by atoms with Crippen LogP contribution < -0.4 is 0 Å². The van der Waals surface area contributed by atoms with Crippen LogP contribution in [-0.2, 0) is 9.53 Å². The van der Waals surface area contributed by atoms with Crippen LogP contribution in [0.3, 0.4) is 0 Å². The molecule has 0 aromatic heterocycles. The summed E-state index contributed by atoms with van der Waals surface area (Å²) < 4.78 is 4.78. The molecule has 112 valence electrons. The van der Waals surface area contributed by atoms with Gasteiger partial charge < -0.3 is 4.74 Å². The van der Waals surface area contributed by atoms with Crippen molar-refractivity contribution in [3.05, 3.63) is 35.9 Å². The van der Waals surface area contributed by atoms with Crippen LogP contribution in [0.5, 0.6) is 0 Å². The van der Waals surface area contributed by atoms with Gasteiger partial charge >= 0.3 is 5.97 Å². The van der Waals surface area contributed by atoms with Gasteiger partial charge in [-0.1, -0.05) is 30.3 Å². The summed E-state index contributed by atoms with van der Waals surface area (Å²) in [6, 6.07) is 11.8. The summed E-state index contributed by atoms with van der Waals surface area (Å²) in [5.74, 6) is -0.205. The van der Waals surface area contributed by atoms with Gasteiger partial charge in [0.05, 0.1) is 13.2 Å². The molecule has 2 rings (SSSR count). The molecule has 1 aliphatic heterocycles. The number of hydrogen-bond acceptors (Lipinski definition) is 5. The van der Waals surface area contributed by atoms with Gasteiger partial charge in [-0.15, -0.1) is 0 Å². The fourth-order valence-electron chi connectivity index (χ4n) is 2.70. The smallest absolute Gasteiger partial charge is 0.322 e. The molecular formula is C16H21N3O2. The quantitative estimate of drug-likeness (QED) is 0.784. The molecule has 5 nitrogen and oxygen atoms in total. The summed E-state index contributed by atoms with van der Waals surface area (Å²) in [4.78, 5) is 15.8. The molecule has 0 spiro atoms. The zero-order valence-electron chi connectivity index (χ0n) is 12.5. The average Bonchev–Trinajstić information content (AvgIpc) is 2.56. The molecule has 0 amide bonds. The molecule has 0 N–H and O–H groups in total. The number of piperazine rings is 1. The summed E-state index contributed by atoms with van der Waals surface area (Å²) in [5, 5.41) is 9.45. The predicted octanol–water partition coefficient (Wildman–Crippen LogP) is 1.43. The van der Waals surface area contributed by atoms with E-state index in [-0.39, 0.29) is 18.1 Å². The third-order valence-electron chi connectivity index (χ3n) is 4.04. The van der Waals surface area contributed by atoms with Gasteiger partial charge in [0.15, 0.2) is 0 Å². The molecule has 1 saturated heterocycles. The standard InChI is InChI=1S/C16H21N3O2/c1-13(16(20)21-2)18-8-10-19(11-9-18)15(12-17)14-6-4-3-5-7-14/h3-7,13,15H,8-11H2,1-2H3/t13-,15-/m1/s1. The number of nitriles is 1. The Morgan fingerprint density at radius 1 is 1.19 bits per heavy atom. The summed E-state index contributed by atoms with van der Waals surface area (Å²) >= 11 is 0. The Balaban J connectivity index is 1.97. The van der Waals surface area contributed by atoms with E-state index < -0.39 is 0 Å². The summed E-state index contributed by atoms with van der Waals surface area (Å²) in [5.41, 5.74) is 1.02. The summed E-state index contributed by atoms with van der Waals surface area (Å²) in [6.45, 7) is 4.94. The van der Waals surface area contributed by atoms with Crippen LogP contribution >= 0.6 is 0 Å². The zero-order chi connectivity index (χ0) is 15.2. The van der Waals surface area contributed by atoms with Crippen LogP contribution in [0.25, 0.3) is 0 Å². The average molecular weight is 287 g/mol. The SMILES string of the molecule is COC(=O)[C@@H](C)N1CCN([C@H](C#N)c2ccccc2)CC1. The lowest BCUT2D eigenvalue weighted by Gasteiger charge is -2.38. The van der Waals surface area contributed by atoms with E-state index in [1.165, 1.54) is 7.11 Å². The van der Waals surface area contributed by atoms with Crippen molar-refractivity contribution in [1.29, 1.82) is 5.26 Å². The molecule has 0 saturated carbocycles. The largest absolute Gasteiger partial charge is 0.468 e. The van der Waals surface area contributed by atoms with E-state index in [0.29, 0.717) is 0 Å². The van der Waals surface area contributed by atoms with Gasteiger partial charge in [0.2, 0.25) is 0 Å². The lowest BCUT2D eigenvalue weighted by atomic mass is 10.1. The van der Waals surface area contributed by atoms with Gasteiger partial charge in [0, 0.05) is 26.2 Å². The monoisotopic (exact) mass is 287 g/mol. The lowest BCUT2D eigenvalue weighted by Crippen LogP contribution is -2.52. The first-order valence-corrected chi connectivity index (χ1v) is 7.18. The Morgan fingerprint density at radius 3 is 2.29 bits per heavy atom. The van der Waals surface area contributed by atoms with E-state index in [1.54, 1.807) is 0 Å². The van der Waals surface area contributed by atoms with Crippen LogP contribution in [0.2, 0.25) is 0 Å². The highest BCUT2D eigenvalue weighted by Gasteiger charge is 2.29. The maximum absolute atomic E-state index is 11.6. The van der Waals surface area contributed by atoms with E-state index in [1.807, 2.05) is 37.3 Å². The van der Waals surface area contributed by atoms with Crippen molar-refractivity contribution in [3.8, 4) is 6.07 Å². The first-order chi connectivity index (χ1) is 10.2. The van der Waals surface area contributed by atoms with Crippen LogP contribution in [0.4, 0.5) is 0 Å². The highest BCUT2D eigenvalue weighted by atomic mass is 16.5. The van der Waals surface area contributed by atoms with Crippen LogP contribution in [0, 0.1) is 11.3 Å². The molecule has 1 aromatic carbocycles. The number of nitrogens with zero attached hydrogens (tertiary/aromatic N) is 3. The van der Waals surface area contributed by atoms with Gasteiger partial charge in [-0.3, -0.25) is 14.6 Å². The van der Waals surface area contributed by atoms with E-state index in [2.05, 4.69) is 15.9 Å². The van der Waals surface area contributed by atoms with E-state index >= 15 is 0 Å². The minimum absolute atomic E-state index is 0.205. The van der Waals surface area contributed by atoms with Crippen molar-refractivity contribution >= 4 is 5.97 Å². The van der Waals surface area contributed by atoms with Gasteiger partial charge in [-0.2, -0.15) is 5.26 Å². The van der Waals surface area contributed by atoms with Gasteiger partial charge in [-0.05, 0) is 12.5 Å². The molecule has 1 aromatic rings. The number of esters is 1. The molecule has 0 aliphatic carbocycles. The summed E-state index contributed by atoms with van der Waals surface area (Å²) in [7, 11) is 1.41. The minimum Gasteiger partial charge on any atom is -0.468 e. The third-order valence-corrected chi connectivity index (χ3v) is 4.04. The van der Waals surface area contributed by atoms with Crippen molar-refractivity contribution in [2.24, 2.45) is 0 Å². The normalized spacial score (nSPS) is 19.5. The van der Waals surface area contributed by atoms with Crippen molar-refractivity contribution in [3.63, 3.8) is 0 Å². The molecule has 1 fully saturated rings. The van der Waals surface area contributed by atoms with Gasteiger partial charge in [-0.25, -0.2) is 0 Å². The molecule has 5 heteroatoms. The van der Waals surface area contributed by atoms with Crippen LogP contribution in [0.15, 0.2) is 30.3 Å². The topological polar surface area (TPSA) is 56.6 Å². The number of methoxy groups -OCH3 is 1. The Bertz CT molecular complexity index is 504. The van der Waals surface area contributed by atoms with Gasteiger partial charge in [0.1, 0.15) is 12.1 Å². The van der Waals surface area contributed by atoms with Crippen molar-refractivity contribution in [2.75, 3.05) is 33.3 Å². The number of ether oxygens (including phenoxy) is 1. The maximum Gasteiger partial charge on any atom is 0.322 e. The predicted molar refractivity (Wildman–Crippen MR) is 79.4 cm³/mol. The van der Waals surface area contributed by atoms with E-state index in [0.717, 1.165) is 31.7 Å². The Morgan fingerprint density at radius 2 is 1.76 bits per heavy atom. The first-order valence-electron chi connectivity index (χ1n) is 7.18. The van der Waals surface area contributed by atoms with E-state index in [9.17, 15) is 10.1 Å². The van der Waals surface area contributed by atoms with Crippen molar-refractivity contribution in [1.82, 2.24) is 9.80 Å². The second kappa shape index (κ2) is 7.21. The van der Waals surface area contributed by atoms with E-state index in [4.69, 9.17) is 4.74 Å². The number of benzene rings is 1. The van der Waals surface area contributed by atoms with Crippen LogP contribution in [0.1, 0.15) is 18.5 Å². The lowest BCUT2D eigenvalue weighted by molar-refractivity contribution is -0.147. The fraction of sp³-hybridized carbons (Fsp3) is 0.500. The number of carbonyl (C=O) groups is 1. The molecule has 0 unspecified atom stereocenters.